The lowest BCUT2D eigenvalue weighted by molar-refractivity contribution is -0.159. The Balaban J connectivity index is 0.930. The van der Waals surface area contributed by atoms with Crippen LogP contribution in [0.2, 0.25) is 0 Å². The first-order chi connectivity index (χ1) is 17.5. The minimum atomic E-state index is -0.567. The van der Waals surface area contributed by atoms with E-state index in [1.54, 1.807) is 18.2 Å². The molecule has 5 fully saturated rings. The molecule has 4 amide bonds. The van der Waals surface area contributed by atoms with Gasteiger partial charge in [-0.1, -0.05) is 0 Å². The van der Waals surface area contributed by atoms with Gasteiger partial charge in [0.2, 0.25) is 11.8 Å². The Bertz CT molecular complexity index is 1000. The van der Waals surface area contributed by atoms with Gasteiger partial charge in [-0.15, -0.1) is 0 Å². The molecule has 6 aliphatic rings. The van der Waals surface area contributed by atoms with Gasteiger partial charge in [-0.3, -0.25) is 19.8 Å². The monoisotopic (exact) mass is 496 g/mol. The molecule has 0 atom stereocenters. The van der Waals surface area contributed by atoms with Crippen molar-refractivity contribution in [2.45, 2.75) is 44.9 Å². The predicted octanol–water partition coefficient (Wildman–Crippen LogP) is 2.86. The molecule has 36 heavy (non-hydrogen) atoms. The van der Waals surface area contributed by atoms with E-state index in [-0.39, 0.29) is 17.7 Å². The Kier molecular flexibility index (Phi) is 6.27. The number of carbonyl (C=O) groups excluding carboxylic acids is 3. The fourth-order valence-corrected chi connectivity index (χ4v) is 7.61. The van der Waals surface area contributed by atoms with E-state index < -0.39 is 6.03 Å². The number of anilines is 1. The Labute approximate surface area is 211 Å². The summed E-state index contributed by atoms with van der Waals surface area (Å²) in [5.74, 6) is 3.60. The Morgan fingerprint density at radius 1 is 0.889 bits per heavy atom. The fourth-order valence-electron chi connectivity index (χ4n) is 7.61. The van der Waals surface area contributed by atoms with Gasteiger partial charge in [0.05, 0.1) is 5.41 Å². The summed E-state index contributed by atoms with van der Waals surface area (Å²) in [4.78, 5) is 42.5. The van der Waals surface area contributed by atoms with Crippen molar-refractivity contribution >= 4 is 23.5 Å². The minimum absolute atomic E-state index is 0.0820. The van der Waals surface area contributed by atoms with Gasteiger partial charge in [-0.2, -0.15) is 0 Å². The average molecular weight is 497 g/mol. The van der Waals surface area contributed by atoms with Gasteiger partial charge < -0.3 is 19.7 Å². The molecule has 2 heterocycles. The highest BCUT2D eigenvalue weighted by Crippen LogP contribution is 2.60. The molecule has 0 radical (unpaired) electrons. The first-order valence-electron chi connectivity index (χ1n) is 13.5. The molecule has 4 bridgehead atoms. The van der Waals surface area contributed by atoms with Crippen LogP contribution in [0.5, 0.6) is 11.5 Å². The number of fused-ring (bicyclic) bond motifs is 1. The molecule has 0 spiro atoms. The van der Waals surface area contributed by atoms with Crippen molar-refractivity contribution in [1.82, 2.24) is 15.1 Å². The van der Waals surface area contributed by atoms with Gasteiger partial charge in [-0.05, 0) is 68.4 Å². The number of rotatable bonds is 5. The van der Waals surface area contributed by atoms with Crippen molar-refractivity contribution in [1.29, 1.82) is 0 Å². The Morgan fingerprint density at radius 3 is 2.19 bits per heavy atom. The van der Waals surface area contributed by atoms with Crippen LogP contribution in [0, 0.1) is 23.2 Å². The molecular formula is C27H36N4O5. The van der Waals surface area contributed by atoms with Crippen molar-refractivity contribution in [3.8, 4) is 11.5 Å². The number of amides is 4. The largest absolute Gasteiger partial charge is 0.486 e. The number of hydrogen-bond donors (Lipinski definition) is 2. The third-order valence-corrected chi connectivity index (χ3v) is 8.86. The van der Waals surface area contributed by atoms with E-state index in [0.29, 0.717) is 42.9 Å². The van der Waals surface area contributed by atoms with Crippen LogP contribution in [0.25, 0.3) is 0 Å². The quantitative estimate of drug-likeness (QED) is 0.650. The number of urea groups is 1. The number of benzene rings is 1. The van der Waals surface area contributed by atoms with Crippen molar-refractivity contribution in [3.63, 3.8) is 0 Å². The SMILES string of the molecule is O=C(CCN1CCN(C(=O)C23CC4CC(CC(C4)C2)C3)CC1)NC(=O)Nc1ccc2c(c1)OCCO2. The number of piperazine rings is 1. The molecule has 7 rings (SSSR count). The van der Waals surface area contributed by atoms with Crippen LogP contribution < -0.4 is 20.1 Å². The number of carbonyl (C=O) groups is 3. The van der Waals surface area contributed by atoms with Crippen LogP contribution in [0.1, 0.15) is 44.9 Å². The molecule has 0 unspecified atom stereocenters. The second kappa shape index (κ2) is 9.57. The van der Waals surface area contributed by atoms with Gasteiger partial charge in [0.1, 0.15) is 13.2 Å². The van der Waals surface area contributed by atoms with Crippen LogP contribution in [0.15, 0.2) is 18.2 Å². The zero-order valence-electron chi connectivity index (χ0n) is 20.8. The van der Waals surface area contributed by atoms with E-state index >= 15 is 0 Å². The highest BCUT2D eigenvalue weighted by Gasteiger charge is 2.55. The van der Waals surface area contributed by atoms with Gasteiger partial charge >= 0.3 is 6.03 Å². The summed E-state index contributed by atoms with van der Waals surface area (Å²) < 4.78 is 11.0. The van der Waals surface area contributed by atoms with E-state index in [9.17, 15) is 14.4 Å². The molecule has 1 saturated heterocycles. The maximum absolute atomic E-state index is 13.6. The van der Waals surface area contributed by atoms with Crippen molar-refractivity contribution < 1.29 is 23.9 Å². The second-order valence-electron chi connectivity index (χ2n) is 11.4. The number of imide groups is 1. The molecule has 194 valence electrons. The lowest BCUT2D eigenvalue weighted by atomic mass is 9.49. The molecule has 1 aromatic rings. The molecule has 4 saturated carbocycles. The van der Waals surface area contributed by atoms with Crippen LogP contribution in [-0.2, 0) is 9.59 Å². The van der Waals surface area contributed by atoms with Crippen LogP contribution in [0.3, 0.4) is 0 Å². The highest BCUT2D eigenvalue weighted by molar-refractivity contribution is 6.01. The lowest BCUT2D eigenvalue weighted by Gasteiger charge is -2.57. The minimum Gasteiger partial charge on any atom is -0.486 e. The van der Waals surface area contributed by atoms with Gasteiger partial charge in [0, 0.05) is 50.9 Å². The fraction of sp³-hybridized carbons (Fsp3) is 0.667. The third-order valence-electron chi connectivity index (χ3n) is 8.86. The van der Waals surface area contributed by atoms with E-state index in [0.717, 1.165) is 63.2 Å². The molecule has 0 aromatic heterocycles. The van der Waals surface area contributed by atoms with E-state index in [2.05, 4.69) is 20.4 Å². The van der Waals surface area contributed by atoms with Crippen LogP contribution in [0.4, 0.5) is 10.5 Å². The van der Waals surface area contributed by atoms with Crippen LogP contribution in [-0.4, -0.2) is 73.6 Å². The van der Waals surface area contributed by atoms with Crippen molar-refractivity contribution in [2.75, 3.05) is 51.3 Å². The summed E-state index contributed by atoms with van der Waals surface area (Å²) in [6.07, 6.45) is 7.58. The van der Waals surface area contributed by atoms with Crippen molar-refractivity contribution in [2.24, 2.45) is 23.2 Å². The van der Waals surface area contributed by atoms with E-state index in [1.807, 2.05) is 0 Å². The first kappa shape index (κ1) is 23.6. The number of ether oxygens (including phenoxy) is 2. The number of nitrogens with one attached hydrogen (secondary N) is 2. The molecule has 2 N–H and O–H groups in total. The summed E-state index contributed by atoms with van der Waals surface area (Å²) in [7, 11) is 0. The Hall–Kier alpha value is -2.81. The van der Waals surface area contributed by atoms with Crippen molar-refractivity contribution in [3.05, 3.63) is 18.2 Å². The third kappa shape index (κ3) is 4.77. The smallest absolute Gasteiger partial charge is 0.325 e. The van der Waals surface area contributed by atoms with Crippen LogP contribution >= 0.6 is 0 Å². The van der Waals surface area contributed by atoms with Gasteiger partial charge in [0.15, 0.2) is 11.5 Å². The van der Waals surface area contributed by atoms with E-state index in [1.165, 1.54) is 19.3 Å². The molecule has 4 aliphatic carbocycles. The molecule has 1 aromatic carbocycles. The first-order valence-corrected chi connectivity index (χ1v) is 13.5. The standard InChI is InChI=1S/C27H36N4O5/c32-24(29-26(34)28-21-1-2-22-23(14-21)36-10-9-35-22)3-4-30-5-7-31(8-6-30)25(33)27-15-18-11-19(16-27)13-20(12-18)17-27/h1-2,14,18-20H,3-13,15-17H2,(H2,28,29,32,34). The molecule has 9 heteroatoms. The lowest BCUT2D eigenvalue weighted by Crippen LogP contribution is -2.58. The number of hydrogen-bond acceptors (Lipinski definition) is 6. The topological polar surface area (TPSA) is 100 Å². The molecule has 2 aliphatic heterocycles. The predicted molar refractivity (Wildman–Crippen MR) is 133 cm³/mol. The maximum Gasteiger partial charge on any atom is 0.325 e. The summed E-state index contributed by atoms with van der Waals surface area (Å²) in [6, 6.07) is 4.56. The van der Waals surface area contributed by atoms with Gasteiger partial charge in [-0.25, -0.2) is 4.79 Å². The summed E-state index contributed by atoms with van der Waals surface area (Å²) >= 11 is 0. The zero-order chi connectivity index (χ0) is 24.7. The molecule has 9 nitrogen and oxygen atoms in total. The summed E-state index contributed by atoms with van der Waals surface area (Å²) in [5, 5.41) is 5.07. The average Bonchev–Trinajstić information content (AvgIpc) is 2.86. The second-order valence-corrected chi connectivity index (χ2v) is 11.4. The Morgan fingerprint density at radius 2 is 1.53 bits per heavy atom. The van der Waals surface area contributed by atoms with Gasteiger partial charge in [0.25, 0.3) is 0 Å². The van der Waals surface area contributed by atoms with E-state index in [4.69, 9.17) is 9.47 Å². The zero-order valence-corrected chi connectivity index (χ0v) is 20.8. The summed E-state index contributed by atoms with van der Waals surface area (Å²) in [5.41, 5.74) is 0.450. The highest BCUT2D eigenvalue weighted by atomic mass is 16.6. The maximum atomic E-state index is 13.6. The summed E-state index contributed by atoms with van der Waals surface area (Å²) in [6.45, 7) is 4.54. The normalized spacial score (nSPS) is 30.7. The molecular weight excluding hydrogens is 460 g/mol. The number of nitrogens with zero attached hydrogens (tertiary/aromatic N) is 2.